The van der Waals surface area contributed by atoms with Crippen molar-refractivity contribution in [3.05, 3.63) is 17.8 Å². The first-order valence-corrected chi connectivity index (χ1v) is 9.02. The number of nitrogens with one attached hydrogen (secondary N) is 2. The molecule has 0 aliphatic heterocycles. The van der Waals surface area contributed by atoms with Crippen LogP contribution in [0.15, 0.2) is 10.9 Å². The molecule has 0 aromatic carbocycles. The van der Waals surface area contributed by atoms with Crippen molar-refractivity contribution in [2.45, 2.75) is 53.6 Å². The Kier molecular flexibility index (Phi) is 5.22. The minimum atomic E-state index is 0.500. The first-order valence-electron chi connectivity index (χ1n) is 9.02. The number of nitrogens with zero attached hydrogens (tertiary/aromatic N) is 5. The standard InChI is InChI=1S/C18H27N7O/c1-10(2)25(11(3)4)8-7-19-17-15-18(21-9-20-17)23-16(22-15)14-12(5)24-26-13(14)6/h9-11H,7-8H2,1-6H3,(H2,19,20,21,22,23). The molecule has 0 aliphatic carbocycles. The van der Waals surface area contributed by atoms with Gasteiger partial charge in [0.1, 0.15) is 23.4 Å². The van der Waals surface area contributed by atoms with Crippen molar-refractivity contribution in [3.63, 3.8) is 0 Å². The number of aromatic nitrogens is 5. The van der Waals surface area contributed by atoms with E-state index < -0.39 is 0 Å². The fraction of sp³-hybridized carbons (Fsp3) is 0.556. The van der Waals surface area contributed by atoms with Gasteiger partial charge in [-0.2, -0.15) is 0 Å². The molecule has 0 atom stereocenters. The van der Waals surface area contributed by atoms with Crippen LogP contribution in [0.5, 0.6) is 0 Å². The largest absolute Gasteiger partial charge is 0.367 e. The smallest absolute Gasteiger partial charge is 0.183 e. The third kappa shape index (κ3) is 3.55. The highest BCUT2D eigenvalue weighted by Crippen LogP contribution is 2.27. The summed E-state index contributed by atoms with van der Waals surface area (Å²) in [6.45, 7) is 14.4. The maximum Gasteiger partial charge on any atom is 0.183 e. The van der Waals surface area contributed by atoms with Gasteiger partial charge in [-0.3, -0.25) is 4.90 Å². The predicted octanol–water partition coefficient (Wildman–Crippen LogP) is 3.16. The quantitative estimate of drug-likeness (QED) is 0.670. The van der Waals surface area contributed by atoms with Crippen molar-refractivity contribution in [3.8, 4) is 11.4 Å². The second-order valence-electron chi connectivity index (χ2n) is 7.06. The molecule has 0 bridgehead atoms. The summed E-state index contributed by atoms with van der Waals surface area (Å²) in [5, 5.41) is 7.41. The number of rotatable bonds is 7. The molecule has 0 spiro atoms. The zero-order valence-electron chi connectivity index (χ0n) is 16.3. The van der Waals surface area contributed by atoms with Gasteiger partial charge in [-0.25, -0.2) is 15.0 Å². The highest BCUT2D eigenvalue weighted by molar-refractivity contribution is 5.85. The highest BCUT2D eigenvalue weighted by atomic mass is 16.5. The maximum atomic E-state index is 5.24. The van der Waals surface area contributed by atoms with E-state index >= 15 is 0 Å². The monoisotopic (exact) mass is 357 g/mol. The predicted molar refractivity (Wildman–Crippen MR) is 102 cm³/mol. The normalized spacial score (nSPS) is 12.0. The van der Waals surface area contributed by atoms with Crippen molar-refractivity contribution in [2.24, 2.45) is 0 Å². The molecular weight excluding hydrogens is 330 g/mol. The fourth-order valence-corrected chi connectivity index (χ4v) is 3.32. The Hall–Kier alpha value is -2.48. The van der Waals surface area contributed by atoms with Gasteiger partial charge >= 0.3 is 0 Å². The van der Waals surface area contributed by atoms with E-state index in [9.17, 15) is 0 Å². The molecular formula is C18H27N7O. The van der Waals surface area contributed by atoms with Crippen LogP contribution in [-0.4, -0.2) is 55.2 Å². The average molecular weight is 357 g/mol. The van der Waals surface area contributed by atoms with Crippen molar-refractivity contribution < 1.29 is 4.52 Å². The lowest BCUT2D eigenvalue weighted by molar-refractivity contribution is 0.182. The third-order valence-corrected chi connectivity index (χ3v) is 4.55. The zero-order valence-corrected chi connectivity index (χ0v) is 16.3. The fourth-order valence-electron chi connectivity index (χ4n) is 3.32. The molecule has 2 N–H and O–H groups in total. The molecule has 0 saturated heterocycles. The number of H-pyrrole nitrogens is 1. The van der Waals surface area contributed by atoms with Gasteiger partial charge in [0.25, 0.3) is 0 Å². The van der Waals surface area contributed by atoms with Gasteiger partial charge in [-0.15, -0.1) is 0 Å². The second kappa shape index (κ2) is 7.41. The molecule has 0 saturated carbocycles. The summed E-state index contributed by atoms with van der Waals surface area (Å²) in [7, 11) is 0. The van der Waals surface area contributed by atoms with Crippen LogP contribution in [0.1, 0.15) is 39.1 Å². The Morgan fingerprint density at radius 1 is 1.15 bits per heavy atom. The summed E-state index contributed by atoms with van der Waals surface area (Å²) in [5.41, 5.74) is 3.10. The van der Waals surface area contributed by atoms with E-state index in [1.165, 1.54) is 6.33 Å². The lowest BCUT2D eigenvalue weighted by Crippen LogP contribution is -2.40. The lowest BCUT2D eigenvalue weighted by Gasteiger charge is -2.30. The van der Waals surface area contributed by atoms with Crippen LogP contribution < -0.4 is 5.32 Å². The molecule has 0 aliphatic rings. The van der Waals surface area contributed by atoms with Crippen LogP contribution in [0.2, 0.25) is 0 Å². The van der Waals surface area contributed by atoms with Gasteiger partial charge in [-0.1, -0.05) is 5.16 Å². The van der Waals surface area contributed by atoms with E-state index in [2.05, 4.69) is 63.0 Å². The van der Waals surface area contributed by atoms with Gasteiger partial charge in [0, 0.05) is 25.2 Å². The van der Waals surface area contributed by atoms with Crippen molar-refractivity contribution in [2.75, 3.05) is 18.4 Å². The molecule has 0 radical (unpaired) electrons. The summed E-state index contributed by atoms with van der Waals surface area (Å²) in [6.07, 6.45) is 1.53. The topological polar surface area (TPSA) is 95.8 Å². The van der Waals surface area contributed by atoms with Crippen molar-refractivity contribution in [1.29, 1.82) is 0 Å². The van der Waals surface area contributed by atoms with Gasteiger partial charge < -0.3 is 14.8 Å². The summed E-state index contributed by atoms with van der Waals surface area (Å²) < 4.78 is 5.24. The first-order chi connectivity index (χ1) is 12.4. The summed E-state index contributed by atoms with van der Waals surface area (Å²) in [4.78, 5) is 19.0. The van der Waals surface area contributed by atoms with Gasteiger partial charge in [0.05, 0.1) is 11.3 Å². The molecule has 3 aromatic rings. The van der Waals surface area contributed by atoms with E-state index in [1.807, 2.05) is 13.8 Å². The molecule has 8 nitrogen and oxygen atoms in total. The summed E-state index contributed by atoms with van der Waals surface area (Å²) >= 11 is 0. The van der Waals surface area contributed by atoms with Crippen LogP contribution in [0, 0.1) is 13.8 Å². The third-order valence-electron chi connectivity index (χ3n) is 4.55. The molecule has 3 aromatic heterocycles. The van der Waals surface area contributed by atoms with Crippen molar-refractivity contribution in [1.82, 2.24) is 30.0 Å². The molecule has 3 heterocycles. The molecule has 140 valence electrons. The van der Waals surface area contributed by atoms with E-state index in [0.29, 0.717) is 23.6 Å². The minimum absolute atomic E-state index is 0.500. The molecule has 8 heteroatoms. The number of aryl methyl sites for hydroxylation is 2. The average Bonchev–Trinajstić information content (AvgIpc) is 3.14. The maximum absolute atomic E-state index is 5.24. The molecule has 0 fully saturated rings. The lowest BCUT2D eigenvalue weighted by atomic mass is 10.2. The second-order valence-corrected chi connectivity index (χ2v) is 7.06. The Morgan fingerprint density at radius 2 is 1.88 bits per heavy atom. The Morgan fingerprint density at radius 3 is 2.50 bits per heavy atom. The van der Waals surface area contributed by atoms with E-state index in [0.717, 1.165) is 41.4 Å². The van der Waals surface area contributed by atoms with E-state index in [-0.39, 0.29) is 0 Å². The SMILES string of the molecule is Cc1noc(C)c1-c1nc2ncnc(NCCN(C(C)C)C(C)C)c2[nH]1. The van der Waals surface area contributed by atoms with Gasteiger partial charge in [0.15, 0.2) is 11.5 Å². The van der Waals surface area contributed by atoms with E-state index in [4.69, 9.17) is 4.52 Å². The number of anilines is 1. The van der Waals surface area contributed by atoms with Gasteiger partial charge in [-0.05, 0) is 41.5 Å². The van der Waals surface area contributed by atoms with Crippen LogP contribution >= 0.6 is 0 Å². The summed E-state index contributed by atoms with van der Waals surface area (Å²) in [5.74, 6) is 2.19. The molecule has 0 amide bonds. The first kappa shape index (κ1) is 18.3. The molecule has 3 rings (SSSR count). The number of aromatic amines is 1. The molecule has 0 unspecified atom stereocenters. The van der Waals surface area contributed by atoms with Crippen LogP contribution in [-0.2, 0) is 0 Å². The van der Waals surface area contributed by atoms with Crippen molar-refractivity contribution >= 4 is 17.0 Å². The Bertz CT molecular complexity index is 853. The van der Waals surface area contributed by atoms with Gasteiger partial charge in [0.2, 0.25) is 0 Å². The number of hydrogen-bond acceptors (Lipinski definition) is 7. The highest BCUT2D eigenvalue weighted by Gasteiger charge is 2.18. The number of fused-ring (bicyclic) bond motifs is 1. The van der Waals surface area contributed by atoms with Crippen LogP contribution in [0.3, 0.4) is 0 Å². The number of imidazole rings is 1. The van der Waals surface area contributed by atoms with Crippen LogP contribution in [0.25, 0.3) is 22.6 Å². The zero-order chi connectivity index (χ0) is 18.8. The Labute approximate surface area is 153 Å². The summed E-state index contributed by atoms with van der Waals surface area (Å²) in [6, 6.07) is 1.00. The van der Waals surface area contributed by atoms with E-state index in [1.54, 1.807) is 0 Å². The minimum Gasteiger partial charge on any atom is -0.367 e. The number of hydrogen-bond donors (Lipinski definition) is 2. The van der Waals surface area contributed by atoms with Crippen LogP contribution in [0.4, 0.5) is 5.82 Å². The Balaban J connectivity index is 1.82. The molecule has 26 heavy (non-hydrogen) atoms.